The highest BCUT2D eigenvalue weighted by molar-refractivity contribution is 5.87. The van der Waals surface area contributed by atoms with Gasteiger partial charge in [-0.3, -0.25) is 9.59 Å². The Labute approximate surface area is 125 Å². The van der Waals surface area contributed by atoms with Gasteiger partial charge in [-0.1, -0.05) is 26.0 Å². The number of carbonyl (C=O) groups is 2. The molecule has 21 heavy (non-hydrogen) atoms. The van der Waals surface area contributed by atoms with E-state index in [2.05, 4.69) is 5.32 Å². The number of aliphatic carboxylic acids is 1. The molecule has 0 radical (unpaired) electrons. The molecule has 0 aliphatic rings. The minimum Gasteiger partial charge on any atom is -0.481 e. The van der Waals surface area contributed by atoms with Crippen molar-refractivity contribution in [2.24, 2.45) is 11.8 Å². The first-order chi connectivity index (χ1) is 9.66. The fourth-order valence-corrected chi connectivity index (χ4v) is 2.06. The number of carbonyl (C=O) groups excluding carboxylic acids is 1. The van der Waals surface area contributed by atoms with Crippen LogP contribution < -0.4 is 11.1 Å². The summed E-state index contributed by atoms with van der Waals surface area (Å²) in [6.45, 7) is 7.40. The lowest BCUT2D eigenvalue weighted by Crippen LogP contribution is -2.44. The smallest absolute Gasteiger partial charge is 0.308 e. The molecule has 5 heteroatoms. The fourth-order valence-electron chi connectivity index (χ4n) is 2.06. The summed E-state index contributed by atoms with van der Waals surface area (Å²) in [7, 11) is 0. The van der Waals surface area contributed by atoms with E-state index >= 15 is 0 Å². The zero-order chi connectivity index (χ0) is 16.2. The van der Waals surface area contributed by atoms with Crippen LogP contribution in [0.2, 0.25) is 0 Å². The molecule has 0 bridgehead atoms. The number of benzene rings is 1. The molecule has 0 saturated carbocycles. The summed E-state index contributed by atoms with van der Waals surface area (Å²) in [4.78, 5) is 23.5. The minimum absolute atomic E-state index is 0.0394. The molecule has 0 fully saturated rings. The fraction of sp³-hybridized carbons (Fsp3) is 0.500. The molecule has 1 amide bonds. The highest BCUT2D eigenvalue weighted by atomic mass is 16.4. The van der Waals surface area contributed by atoms with Gasteiger partial charge in [0.1, 0.15) is 0 Å². The predicted octanol–water partition coefficient (Wildman–Crippen LogP) is 2.02. The lowest BCUT2D eigenvalue weighted by atomic mass is 9.83. The third-order valence-electron chi connectivity index (χ3n) is 3.80. The molecule has 4 N–H and O–H groups in total. The number of nitrogens with one attached hydrogen (secondary N) is 1. The van der Waals surface area contributed by atoms with Gasteiger partial charge in [0.15, 0.2) is 0 Å². The normalized spacial score (nSPS) is 13.0. The van der Waals surface area contributed by atoms with Crippen molar-refractivity contribution in [3.05, 3.63) is 29.8 Å². The molecule has 0 aliphatic heterocycles. The Bertz CT molecular complexity index is 507. The number of hydrogen-bond acceptors (Lipinski definition) is 3. The van der Waals surface area contributed by atoms with Crippen LogP contribution in [0.25, 0.3) is 0 Å². The average Bonchev–Trinajstić information content (AvgIpc) is 2.38. The highest BCUT2D eigenvalue weighted by Crippen LogP contribution is 2.24. The van der Waals surface area contributed by atoms with Crippen molar-refractivity contribution < 1.29 is 14.7 Å². The molecule has 0 aliphatic carbocycles. The second-order valence-electron chi connectivity index (χ2n) is 6.15. The van der Waals surface area contributed by atoms with Crippen LogP contribution in [0.5, 0.6) is 0 Å². The summed E-state index contributed by atoms with van der Waals surface area (Å²) in [5.41, 5.74) is 6.38. The maximum Gasteiger partial charge on any atom is 0.308 e. The zero-order valence-corrected chi connectivity index (χ0v) is 13.0. The molecule has 1 aromatic rings. The standard InChI is InChI=1S/C16H24N2O3/c1-10(2)13(14(19)20)9-18-15(21)16(3,4)11-5-7-12(17)8-6-11/h5-8,10,13H,9,17H2,1-4H3,(H,18,21)(H,19,20). The molecular formula is C16H24N2O3. The monoisotopic (exact) mass is 292 g/mol. The van der Waals surface area contributed by atoms with Gasteiger partial charge < -0.3 is 16.2 Å². The number of carboxylic acids is 1. The number of carboxylic acid groups (broad SMARTS) is 1. The number of hydrogen-bond donors (Lipinski definition) is 3. The van der Waals surface area contributed by atoms with Crippen LogP contribution >= 0.6 is 0 Å². The number of rotatable bonds is 6. The van der Waals surface area contributed by atoms with Crippen LogP contribution in [0.1, 0.15) is 33.3 Å². The van der Waals surface area contributed by atoms with Crippen LogP contribution in [0, 0.1) is 11.8 Å². The van der Waals surface area contributed by atoms with Crippen LogP contribution in [-0.2, 0) is 15.0 Å². The summed E-state index contributed by atoms with van der Waals surface area (Å²) >= 11 is 0. The Morgan fingerprint density at radius 1 is 1.24 bits per heavy atom. The van der Waals surface area contributed by atoms with Gasteiger partial charge >= 0.3 is 5.97 Å². The van der Waals surface area contributed by atoms with Gasteiger partial charge in [-0.05, 0) is 37.5 Å². The molecular weight excluding hydrogens is 268 g/mol. The number of nitrogen functional groups attached to an aromatic ring is 1. The van der Waals surface area contributed by atoms with Crippen LogP contribution in [0.15, 0.2) is 24.3 Å². The molecule has 1 aromatic carbocycles. The second kappa shape index (κ2) is 6.61. The van der Waals surface area contributed by atoms with Crippen molar-refractivity contribution in [3.63, 3.8) is 0 Å². The first-order valence-electron chi connectivity index (χ1n) is 7.03. The van der Waals surface area contributed by atoms with Crippen molar-refractivity contribution in [1.29, 1.82) is 0 Å². The molecule has 0 heterocycles. The maximum atomic E-state index is 12.4. The largest absolute Gasteiger partial charge is 0.481 e. The van der Waals surface area contributed by atoms with Crippen LogP contribution in [-0.4, -0.2) is 23.5 Å². The van der Waals surface area contributed by atoms with Gasteiger partial charge in [0.25, 0.3) is 0 Å². The average molecular weight is 292 g/mol. The van der Waals surface area contributed by atoms with E-state index in [-0.39, 0.29) is 18.4 Å². The van der Waals surface area contributed by atoms with E-state index < -0.39 is 17.3 Å². The molecule has 0 spiro atoms. The van der Waals surface area contributed by atoms with Crippen LogP contribution in [0.3, 0.4) is 0 Å². The number of anilines is 1. The Kier molecular flexibility index (Phi) is 5.35. The first kappa shape index (κ1) is 17.0. The van der Waals surface area contributed by atoms with E-state index in [9.17, 15) is 9.59 Å². The SMILES string of the molecule is CC(C)C(CNC(=O)C(C)(C)c1ccc(N)cc1)C(=O)O. The topological polar surface area (TPSA) is 92.4 Å². The maximum absolute atomic E-state index is 12.4. The van der Waals surface area contributed by atoms with E-state index in [1.807, 2.05) is 26.0 Å². The van der Waals surface area contributed by atoms with E-state index in [1.54, 1.807) is 26.0 Å². The van der Waals surface area contributed by atoms with E-state index in [0.29, 0.717) is 5.69 Å². The lowest BCUT2D eigenvalue weighted by Gasteiger charge is -2.26. The van der Waals surface area contributed by atoms with Gasteiger partial charge in [-0.15, -0.1) is 0 Å². The molecule has 0 saturated heterocycles. The summed E-state index contributed by atoms with van der Waals surface area (Å²) in [6, 6.07) is 7.12. The van der Waals surface area contributed by atoms with Crippen molar-refractivity contribution in [1.82, 2.24) is 5.32 Å². The minimum atomic E-state index is -0.893. The third kappa shape index (κ3) is 4.21. The second-order valence-corrected chi connectivity index (χ2v) is 6.15. The molecule has 1 atom stereocenters. The quantitative estimate of drug-likeness (QED) is 0.699. The molecule has 1 unspecified atom stereocenters. The van der Waals surface area contributed by atoms with Gasteiger partial charge in [0.05, 0.1) is 11.3 Å². The first-order valence-corrected chi connectivity index (χ1v) is 7.03. The predicted molar refractivity (Wildman–Crippen MR) is 82.9 cm³/mol. The van der Waals surface area contributed by atoms with Crippen molar-refractivity contribution in [2.75, 3.05) is 12.3 Å². The third-order valence-corrected chi connectivity index (χ3v) is 3.80. The van der Waals surface area contributed by atoms with Crippen molar-refractivity contribution >= 4 is 17.6 Å². The number of amides is 1. The van der Waals surface area contributed by atoms with Gasteiger partial charge in [-0.25, -0.2) is 0 Å². The molecule has 0 aromatic heterocycles. The number of nitrogens with two attached hydrogens (primary N) is 1. The summed E-state index contributed by atoms with van der Waals surface area (Å²) < 4.78 is 0. The van der Waals surface area contributed by atoms with Gasteiger partial charge in [-0.2, -0.15) is 0 Å². The Hall–Kier alpha value is -2.04. The van der Waals surface area contributed by atoms with E-state index in [4.69, 9.17) is 10.8 Å². The van der Waals surface area contributed by atoms with E-state index in [1.165, 1.54) is 0 Å². The molecule has 1 rings (SSSR count). The van der Waals surface area contributed by atoms with Gasteiger partial charge in [0.2, 0.25) is 5.91 Å². The molecule has 5 nitrogen and oxygen atoms in total. The highest BCUT2D eigenvalue weighted by Gasteiger charge is 2.31. The Morgan fingerprint density at radius 2 is 1.76 bits per heavy atom. The van der Waals surface area contributed by atoms with Crippen molar-refractivity contribution in [2.45, 2.75) is 33.1 Å². The Balaban J connectivity index is 2.78. The van der Waals surface area contributed by atoms with E-state index in [0.717, 1.165) is 5.56 Å². The summed E-state index contributed by atoms with van der Waals surface area (Å²) in [5, 5.41) is 11.9. The van der Waals surface area contributed by atoms with Crippen LogP contribution in [0.4, 0.5) is 5.69 Å². The Morgan fingerprint density at radius 3 is 2.19 bits per heavy atom. The van der Waals surface area contributed by atoms with Crippen molar-refractivity contribution in [3.8, 4) is 0 Å². The zero-order valence-electron chi connectivity index (χ0n) is 13.0. The molecule has 116 valence electrons. The lowest BCUT2D eigenvalue weighted by molar-refractivity contribution is -0.143. The summed E-state index contributed by atoms with van der Waals surface area (Å²) in [5.74, 6) is -1.71. The van der Waals surface area contributed by atoms with Gasteiger partial charge in [0, 0.05) is 12.2 Å². The summed E-state index contributed by atoms with van der Waals surface area (Å²) in [6.07, 6.45) is 0.